The molecule has 0 aromatic carbocycles. The summed E-state index contributed by atoms with van der Waals surface area (Å²) in [5, 5.41) is 9.36. The van der Waals surface area contributed by atoms with Gasteiger partial charge in [0.2, 0.25) is 5.91 Å². The van der Waals surface area contributed by atoms with E-state index in [4.69, 9.17) is 0 Å². The number of nitrogens with zero attached hydrogens (tertiary/aromatic N) is 6. The fraction of sp³-hybridized carbons (Fsp3) is 0.389. The monoisotopic (exact) mass is 370 g/mol. The van der Waals surface area contributed by atoms with E-state index in [0.29, 0.717) is 18.7 Å². The van der Waals surface area contributed by atoms with Crippen LogP contribution < -0.4 is 0 Å². The van der Waals surface area contributed by atoms with Gasteiger partial charge in [-0.05, 0) is 39.2 Å². The number of aromatic nitrogens is 5. The SMILES string of the molecule is C=C/C(C)=C\C=C(/C)C(=O)N1CCn2c(-c3nc(C)ns3)nnc2[C@H]1C. The van der Waals surface area contributed by atoms with Gasteiger partial charge in [-0.2, -0.15) is 4.37 Å². The molecule has 0 aliphatic carbocycles. The number of amides is 1. The van der Waals surface area contributed by atoms with Gasteiger partial charge in [-0.1, -0.05) is 30.4 Å². The number of aryl methyl sites for hydroxylation is 1. The van der Waals surface area contributed by atoms with Gasteiger partial charge >= 0.3 is 0 Å². The molecule has 2 aromatic rings. The highest BCUT2D eigenvalue weighted by Gasteiger charge is 2.32. The lowest BCUT2D eigenvalue weighted by atomic mass is 10.1. The van der Waals surface area contributed by atoms with E-state index in [9.17, 15) is 4.79 Å². The first-order valence-electron chi connectivity index (χ1n) is 8.44. The lowest BCUT2D eigenvalue weighted by Gasteiger charge is -2.33. The molecule has 1 aliphatic rings. The third kappa shape index (κ3) is 3.37. The van der Waals surface area contributed by atoms with Crippen molar-refractivity contribution in [3.05, 3.63) is 47.6 Å². The molecule has 0 saturated carbocycles. The maximum absolute atomic E-state index is 12.8. The van der Waals surface area contributed by atoms with E-state index in [1.54, 1.807) is 6.08 Å². The molecule has 0 unspecified atom stereocenters. The van der Waals surface area contributed by atoms with Crippen LogP contribution in [0.15, 0.2) is 36.0 Å². The van der Waals surface area contributed by atoms with Crippen LogP contribution in [0.2, 0.25) is 0 Å². The molecule has 0 radical (unpaired) electrons. The van der Waals surface area contributed by atoms with Crippen LogP contribution in [0.25, 0.3) is 10.8 Å². The molecule has 26 heavy (non-hydrogen) atoms. The summed E-state index contributed by atoms with van der Waals surface area (Å²) in [6, 6.07) is -0.153. The third-order valence-corrected chi connectivity index (χ3v) is 5.22. The Labute approximate surface area is 156 Å². The van der Waals surface area contributed by atoms with E-state index in [1.165, 1.54) is 11.5 Å². The summed E-state index contributed by atoms with van der Waals surface area (Å²) >= 11 is 1.32. The van der Waals surface area contributed by atoms with Crippen LogP contribution in [0.3, 0.4) is 0 Å². The Balaban J connectivity index is 1.84. The van der Waals surface area contributed by atoms with Crippen LogP contribution in [0, 0.1) is 6.92 Å². The zero-order chi connectivity index (χ0) is 18.8. The van der Waals surface area contributed by atoms with Gasteiger partial charge in [0, 0.05) is 18.7 Å². The van der Waals surface area contributed by atoms with Crippen molar-refractivity contribution in [1.29, 1.82) is 0 Å². The summed E-state index contributed by atoms with van der Waals surface area (Å²) in [4.78, 5) is 19.1. The molecule has 1 amide bonds. The molecule has 2 aromatic heterocycles. The van der Waals surface area contributed by atoms with E-state index in [0.717, 1.165) is 28.1 Å². The van der Waals surface area contributed by atoms with Crippen molar-refractivity contribution in [1.82, 2.24) is 29.0 Å². The van der Waals surface area contributed by atoms with E-state index >= 15 is 0 Å². The smallest absolute Gasteiger partial charge is 0.250 e. The number of hydrogen-bond donors (Lipinski definition) is 0. The van der Waals surface area contributed by atoms with Crippen molar-refractivity contribution in [2.24, 2.45) is 0 Å². The minimum absolute atomic E-state index is 0.00757. The van der Waals surface area contributed by atoms with E-state index in [1.807, 2.05) is 49.3 Å². The zero-order valence-electron chi connectivity index (χ0n) is 15.4. The standard InChI is InChI=1S/C18H22N6OS/c1-6-11(2)7-8-12(3)18(25)23-9-10-24-15(13(23)4)20-21-16(24)17-19-14(5)22-26-17/h6-8,13H,1,9-10H2,2-5H3/b11-7-,12-8+/t13-/m1/s1. The molecule has 0 bridgehead atoms. The Morgan fingerprint density at radius 3 is 2.69 bits per heavy atom. The Morgan fingerprint density at radius 1 is 1.27 bits per heavy atom. The number of carbonyl (C=O) groups is 1. The van der Waals surface area contributed by atoms with Crippen molar-refractivity contribution in [2.45, 2.75) is 40.3 Å². The second-order valence-electron chi connectivity index (χ2n) is 6.32. The van der Waals surface area contributed by atoms with Crippen LogP contribution in [0.5, 0.6) is 0 Å². The molecule has 8 heteroatoms. The molecule has 1 aliphatic heterocycles. The van der Waals surface area contributed by atoms with E-state index in [-0.39, 0.29) is 11.9 Å². The number of allylic oxidation sites excluding steroid dienone is 4. The molecule has 0 fully saturated rings. The fourth-order valence-corrected chi connectivity index (χ4v) is 3.50. The summed E-state index contributed by atoms with van der Waals surface area (Å²) in [6.07, 6.45) is 5.49. The first kappa shape index (κ1) is 18.2. The molecular formula is C18H22N6OS. The predicted molar refractivity (Wildman–Crippen MR) is 102 cm³/mol. The molecule has 3 rings (SSSR count). The topological polar surface area (TPSA) is 76.8 Å². The number of fused-ring (bicyclic) bond motifs is 1. The van der Waals surface area contributed by atoms with E-state index in [2.05, 4.69) is 26.1 Å². The van der Waals surface area contributed by atoms with Crippen LogP contribution in [-0.2, 0) is 11.3 Å². The van der Waals surface area contributed by atoms with Crippen LogP contribution in [0.1, 0.15) is 38.5 Å². The maximum atomic E-state index is 12.8. The first-order valence-corrected chi connectivity index (χ1v) is 9.22. The first-order chi connectivity index (χ1) is 12.4. The lowest BCUT2D eigenvalue weighted by molar-refractivity contribution is -0.130. The molecule has 0 N–H and O–H groups in total. The van der Waals surface area contributed by atoms with Gasteiger partial charge in [-0.15, -0.1) is 10.2 Å². The van der Waals surface area contributed by atoms with Gasteiger partial charge < -0.3 is 9.47 Å². The van der Waals surface area contributed by atoms with Crippen molar-refractivity contribution in [3.8, 4) is 10.8 Å². The van der Waals surface area contributed by atoms with Crippen molar-refractivity contribution in [2.75, 3.05) is 6.54 Å². The number of hydrogen-bond acceptors (Lipinski definition) is 6. The normalized spacial score (nSPS) is 18.0. The maximum Gasteiger partial charge on any atom is 0.250 e. The van der Waals surface area contributed by atoms with Gasteiger partial charge in [0.05, 0.1) is 6.04 Å². The van der Waals surface area contributed by atoms with E-state index < -0.39 is 0 Å². The number of rotatable bonds is 4. The quantitative estimate of drug-likeness (QED) is 0.610. The van der Waals surface area contributed by atoms with Gasteiger partial charge in [0.1, 0.15) is 5.82 Å². The van der Waals surface area contributed by atoms with Crippen LogP contribution in [-0.4, -0.2) is 41.5 Å². The Kier molecular flexibility index (Phi) is 5.13. The number of carbonyl (C=O) groups excluding carboxylic acids is 1. The lowest BCUT2D eigenvalue weighted by Crippen LogP contribution is -2.41. The summed E-state index contributed by atoms with van der Waals surface area (Å²) < 4.78 is 6.25. The molecule has 0 spiro atoms. The highest BCUT2D eigenvalue weighted by molar-refractivity contribution is 7.09. The fourth-order valence-electron chi connectivity index (χ4n) is 2.83. The zero-order valence-corrected chi connectivity index (χ0v) is 16.2. The predicted octanol–water partition coefficient (Wildman–Crippen LogP) is 3.09. The average Bonchev–Trinajstić information content (AvgIpc) is 3.25. The molecule has 3 heterocycles. The molecule has 1 atom stereocenters. The van der Waals surface area contributed by atoms with Gasteiger partial charge in [0.15, 0.2) is 16.7 Å². The average molecular weight is 370 g/mol. The molecule has 7 nitrogen and oxygen atoms in total. The van der Waals surface area contributed by atoms with Crippen molar-refractivity contribution < 1.29 is 4.79 Å². The summed E-state index contributed by atoms with van der Waals surface area (Å²) in [7, 11) is 0. The second kappa shape index (κ2) is 7.33. The minimum atomic E-state index is -0.153. The molecule has 136 valence electrons. The van der Waals surface area contributed by atoms with Crippen molar-refractivity contribution in [3.63, 3.8) is 0 Å². The molecule has 0 saturated heterocycles. The van der Waals surface area contributed by atoms with Crippen molar-refractivity contribution >= 4 is 17.4 Å². The van der Waals surface area contributed by atoms with Gasteiger partial charge in [-0.25, -0.2) is 4.98 Å². The van der Waals surface area contributed by atoms with Crippen LogP contribution >= 0.6 is 11.5 Å². The summed E-state index contributed by atoms with van der Waals surface area (Å²) in [5.41, 5.74) is 1.70. The Bertz CT molecular complexity index is 907. The largest absolute Gasteiger partial charge is 0.327 e. The molecular weight excluding hydrogens is 348 g/mol. The summed E-state index contributed by atoms with van der Waals surface area (Å²) in [6.45, 7) is 12.6. The Hall–Kier alpha value is -2.61. The van der Waals surface area contributed by atoms with Gasteiger partial charge in [-0.3, -0.25) is 4.79 Å². The Morgan fingerprint density at radius 2 is 2.04 bits per heavy atom. The highest BCUT2D eigenvalue weighted by atomic mass is 32.1. The second-order valence-corrected chi connectivity index (χ2v) is 7.07. The third-order valence-electron chi connectivity index (χ3n) is 4.42. The van der Waals surface area contributed by atoms with Crippen LogP contribution in [0.4, 0.5) is 0 Å². The highest BCUT2D eigenvalue weighted by Crippen LogP contribution is 2.29. The minimum Gasteiger partial charge on any atom is -0.327 e. The van der Waals surface area contributed by atoms with Gasteiger partial charge in [0.25, 0.3) is 0 Å². The summed E-state index contributed by atoms with van der Waals surface area (Å²) in [5.74, 6) is 2.24.